The molecule has 0 heterocycles. The van der Waals surface area contributed by atoms with Crippen LogP contribution in [-0.2, 0) is 9.53 Å². The second kappa shape index (κ2) is 9.49. The van der Waals surface area contributed by atoms with Crippen molar-refractivity contribution in [3.63, 3.8) is 0 Å². The minimum Gasteiger partial charge on any atom is -0.496 e. The van der Waals surface area contributed by atoms with Gasteiger partial charge in [-0.2, -0.15) is 0 Å². The lowest BCUT2D eigenvalue weighted by atomic mass is 10.0. The van der Waals surface area contributed by atoms with Crippen LogP contribution in [0.15, 0.2) is 30.3 Å². The van der Waals surface area contributed by atoms with Crippen molar-refractivity contribution in [1.82, 2.24) is 0 Å². The number of carbonyl (C=O) groups excluding carboxylic acids is 1. The number of benzene rings is 2. The highest BCUT2D eigenvalue weighted by Crippen LogP contribution is 2.35. The summed E-state index contributed by atoms with van der Waals surface area (Å²) in [5, 5.41) is 3.19. The van der Waals surface area contributed by atoms with Gasteiger partial charge in [-0.1, -0.05) is 13.8 Å². The summed E-state index contributed by atoms with van der Waals surface area (Å²) in [6.07, 6.45) is 0. The van der Waals surface area contributed by atoms with Gasteiger partial charge in [0.25, 0.3) is 0 Å². The minimum absolute atomic E-state index is 0.266. The minimum atomic E-state index is -0.416. The Morgan fingerprint density at radius 1 is 1.07 bits per heavy atom. The molecule has 0 aliphatic heterocycles. The molecule has 1 unspecified atom stereocenters. The molecule has 0 aliphatic carbocycles. The van der Waals surface area contributed by atoms with E-state index in [1.807, 2.05) is 44.2 Å². The maximum Gasteiger partial charge on any atom is 0.328 e. The zero-order chi connectivity index (χ0) is 20.8. The first-order valence-corrected chi connectivity index (χ1v) is 9.67. The molecule has 5 heteroatoms. The SMILES string of the molecule is CCOC(=O)C(C)Nc1cc(C)c(Oc2ccc(OC)c(C(C)C)c2)c(C)c1. The van der Waals surface area contributed by atoms with Crippen LogP contribution < -0.4 is 14.8 Å². The van der Waals surface area contributed by atoms with Crippen molar-refractivity contribution < 1.29 is 19.0 Å². The van der Waals surface area contributed by atoms with Crippen LogP contribution in [0, 0.1) is 13.8 Å². The number of nitrogens with one attached hydrogen (secondary N) is 1. The number of ether oxygens (including phenoxy) is 3. The molecule has 0 fully saturated rings. The standard InChI is InChI=1S/C23H31NO4/c1-8-27-23(25)17(6)24-18-11-15(4)22(16(5)12-18)28-19-9-10-21(26-7)20(13-19)14(2)3/h9-14,17,24H,8H2,1-7H3. The van der Waals surface area contributed by atoms with Crippen molar-refractivity contribution >= 4 is 11.7 Å². The molecule has 0 saturated carbocycles. The molecule has 0 saturated heterocycles. The fraction of sp³-hybridized carbons (Fsp3) is 0.435. The van der Waals surface area contributed by atoms with Crippen molar-refractivity contribution in [2.75, 3.05) is 19.0 Å². The highest BCUT2D eigenvalue weighted by Gasteiger charge is 2.16. The topological polar surface area (TPSA) is 56.8 Å². The molecule has 2 rings (SSSR count). The van der Waals surface area contributed by atoms with Gasteiger partial charge in [0.15, 0.2) is 0 Å². The Morgan fingerprint density at radius 2 is 1.71 bits per heavy atom. The summed E-state index contributed by atoms with van der Waals surface area (Å²) in [6.45, 7) is 12.2. The van der Waals surface area contributed by atoms with Crippen LogP contribution in [0.25, 0.3) is 0 Å². The van der Waals surface area contributed by atoms with E-state index in [9.17, 15) is 4.79 Å². The van der Waals surface area contributed by atoms with Gasteiger partial charge >= 0.3 is 5.97 Å². The van der Waals surface area contributed by atoms with Crippen molar-refractivity contribution in [3.05, 3.63) is 47.0 Å². The number of aryl methyl sites for hydroxylation is 2. The zero-order valence-corrected chi connectivity index (χ0v) is 17.9. The molecular weight excluding hydrogens is 354 g/mol. The van der Waals surface area contributed by atoms with Crippen LogP contribution >= 0.6 is 0 Å². The van der Waals surface area contributed by atoms with Gasteiger partial charge in [0.2, 0.25) is 0 Å². The molecule has 2 aromatic carbocycles. The Kier molecular flexibility index (Phi) is 7.32. The van der Waals surface area contributed by atoms with Crippen molar-refractivity contribution in [2.45, 2.75) is 53.5 Å². The highest BCUT2D eigenvalue weighted by atomic mass is 16.5. The molecule has 1 N–H and O–H groups in total. The zero-order valence-electron chi connectivity index (χ0n) is 17.9. The van der Waals surface area contributed by atoms with Crippen LogP contribution in [0.3, 0.4) is 0 Å². The molecule has 0 radical (unpaired) electrons. The van der Waals surface area contributed by atoms with E-state index in [-0.39, 0.29) is 5.97 Å². The highest BCUT2D eigenvalue weighted by molar-refractivity contribution is 5.79. The second-order valence-corrected chi connectivity index (χ2v) is 7.22. The van der Waals surface area contributed by atoms with E-state index >= 15 is 0 Å². The molecule has 0 amide bonds. The smallest absolute Gasteiger partial charge is 0.328 e. The largest absolute Gasteiger partial charge is 0.496 e. The lowest BCUT2D eigenvalue weighted by Crippen LogP contribution is -2.28. The third kappa shape index (κ3) is 5.18. The van der Waals surface area contributed by atoms with E-state index < -0.39 is 6.04 Å². The average molecular weight is 386 g/mol. The van der Waals surface area contributed by atoms with Gasteiger partial charge in [-0.3, -0.25) is 0 Å². The van der Waals surface area contributed by atoms with Crippen LogP contribution in [0.2, 0.25) is 0 Å². The Balaban J connectivity index is 2.24. The van der Waals surface area contributed by atoms with Gasteiger partial charge in [-0.25, -0.2) is 4.79 Å². The maximum absolute atomic E-state index is 11.8. The Morgan fingerprint density at radius 3 is 2.25 bits per heavy atom. The summed E-state index contributed by atoms with van der Waals surface area (Å²) < 4.78 is 16.7. The van der Waals surface area contributed by atoms with Crippen LogP contribution in [0.5, 0.6) is 17.2 Å². The first-order valence-electron chi connectivity index (χ1n) is 9.67. The first-order chi connectivity index (χ1) is 13.3. The average Bonchev–Trinajstić information content (AvgIpc) is 2.64. The van der Waals surface area contributed by atoms with Gasteiger partial charge in [-0.05, 0) is 75.1 Å². The van der Waals surface area contributed by atoms with Crippen LogP contribution in [0.4, 0.5) is 5.69 Å². The number of rotatable bonds is 8. The van der Waals surface area contributed by atoms with Gasteiger partial charge in [-0.15, -0.1) is 0 Å². The second-order valence-electron chi connectivity index (χ2n) is 7.22. The van der Waals surface area contributed by atoms with E-state index in [0.717, 1.165) is 39.6 Å². The summed E-state index contributed by atoms with van der Waals surface area (Å²) in [5.41, 5.74) is 3.94. The Bertz CT molecular complexity index is 806. The van der Waals surface area contributed by atoms with Crippen molar-refractivity contribution in [3.8, 4) is 17.2 Å². The molecular formula is C23H31NO4. The number of methoxy groups -OCH3 is 1. The lowest BCUT2D eigenvalue weighted by molar-refractivity contribution is -0.143. The van der Waals surface area contributed by atoms with Crippen molar-refractivity contribution in [1.29, 1.82) is 0 Å². The third-order valence-electron chi connectivity index (χ3n) is 4.53. The molecule has 0 spiro atoms. The van der Waals surface area contributed by atoms with Crippen LogP contribution in [-0.4, -0.2) is 25.7 Å². The Hall–Kier alpha value is -2.69. The number of hydrogen-bond acceptors (Lipinski definition) is 5. The molecule has 152 valence electrons. The van der Waals surface area contributed by atoms with E-state index in [1.54, 1.807) is 21.0 Å². The third-order valence-corrected chi connectivity index (χ3v) is 4.53. The van der Waals surface area contributed by atoms with E-state index in [1.165, 1.54) is 0 Å². The molecule has 28 heavy (non-hydrogen) atoms. The van der Waals surface area contributed by atoms with E-state index in [2.05, 4.69) is 19.2 Å². The summed E-state index contributed by atoms with van der Waals surface area (Å²) in [7, 11) is 1.68. The van der Waals surface area contributed by atoms with Gasteiger partial charge in [0.1, 0.15) is 23.3 Å². The van der Waals surface area contributed by atoms with Gasteiger partial charge < -0.3 is 19.5 Å². The predicted octanol–water partition coefficient (Wildman–Crippen LogP) is 5.59. The monoisotopic (exact) mass is 385 g/mol. The first kappa shape index (κ1) is 21.6. The maximum atomic E-state index is 11.8. The fourth-order valence-electron chi connectivity index (χ4n) is 3.12. The number of hydrogen-bond donors (Lipinski definition) is 1. The number of carbonyl (C=O) groups is 1. The summed E-state index contributed by atoms with van der Waals surface area (Å²) in [4.78, 5) is 11.8. The summed E-state index contributed by atoms with van der Waals surface area (Å²) >= 11 is 0. The summed E-state index contributed by atoms with van der Waals surface area (Å²) in [5.74, 6) is 2.52. The molecule has 5 nitrogen and oxygen atoms in total. The molecule has 0 aliphatic rings. The van der Waals surface area contributed by atoms with E-state index in [4.69, 9.17) is 14.2 Å². The van der Waals surface area contributed by atoms with E-state index in [0.29, 0.717) is 12.5 Å². The predicted molar refractivity (Wildman–Crippen MR) is 113 cm³/mol. The molecule has 2 aromatic rings. The molecule has 0 bridgehead atoms. The van der Waals surface area contributed by atoms with Gasteiger partial charge in [0.05, 0.1) is 13.7 Å². The number of anilines is 1. The quantitative estimate of drug-likeness (QED) is 0.600. The summed E-state index contributed by atoms with van der Waals surface area (Å²) in [6, 6.07) is 9.42. The van der Waals surface area contributed by atoms with Crippen molar-refractivity contribution in [2.24, 2.45) is 0 Å². The normalized spacial score (nSPS) is 11.9. The number of esters is 1. The fourth-order valence-corrected chi connectivity index (χ4v) is 3.12. The lowest BCUT2D eigenvalue weighted by Gasteiger charge is -2.19. The van der Waals surface area contributed by atoms with Gasteiger partial charge in [0, 0.05) is 11.3 Å². The molecule has 1 atom stereocenters. The molecule has 0 aromatic heterocycles. The van der Waals surface area contributed by atoms with Crippen LogP contribution in [0.1, 0.15) is 50.3 Å². The Labute approximate surface area is 168 Å².